The lowest BCUT2D eigenvalue weighted by Gasteiger charge is -2.44. The molecule has 3 rings (SSSR count). The van der Waals surface area contributed by atoms with Gasteiger partial charge in [-0.1, -0.05) is 56.3 Å². The van der Waals surface area contributed by atoms with Gasteiger partial charge in [0.15, 0.2) is 0 Å². The van der Waals surface area contributed by atoms with Crippen molar-refractivity contribution in [2.45, 2.75) is 38.6 Å². The van der Waals surface area contributed by atoms with Crippen LogP contribution in [0.5, 0.6) is 5.75 Å². The smallest absolute Gasteiger partial charge is 0.229 e. The summed E-state index contributed by atoms with van der Waals surface area (Å²) in [7, 11) is 3.66. The lowest BCUT2D eigenvalue weighted by molar-refractivity contribution is -0.130. The van der Waals surface area contributed by atoms with Gasteiger partial charge in [0.1, 0.15) is 5.75 Å². The standard InChI is InChI=1S/C25H34N2O2.ClH/c1-18-13-15-27(24(19(18)2)21-11-8-12-22(28)17-21)16-14-23(25(29)26(3)4)20-9-6-5-7-10-20;/h5-12,17-19,23-24,28H,13-16H2,1-4H3;1H/t18?,19-,23?,24-;/m0./s1. The molecule has 2 aromatic carbocycles. The van der Waals surface area contributed by atoms with Crippen molar-refractivity contribution < 1.29 is 9.90 Å². The summed E-state index contributed by atoms with van der Waals surface area (Å²) in [4.78, 5) is 17.1. The Balaban J connectivity index is 0.00000320. The molecule has 0 aliphatic carbocycles. The van der Waals surface area contributed by atoms with Gasteiger partial charge in [-0.2, -0.15) is 0 Å². The largest absolute Gasteiger partial charge is 0.508 e. The molecule has 1 aliphatic rings. The molecule has 4 atom stereocenters. The summed E-state index contributed by atoms with van der Waals surface area (Å²) in [5.41, 5.74) is 2.25. The molecule has 0 aromatic heterocycles. The zero-order valence-corrected chi connectivity index (χ0v) is 19.3. The Morgan fingerprint density at radius 2 is 1.83 bits per heavy atom. The quantitative estimate of drug-likeness (QED) is 0.693. The molecular weight excluding hydrogens is 396 g/mol. The summed E-state index contributed by atoms with van der Waals surface area (Å²) in [6, 6.07) is 18.0. The van der Waals surface area contributed by atoms with E-state index in [9.17, 15) is 9.90 Å². The predicted molar refractivity (Wildman–Crippen MR) is 125 cm³/mol. The van der Waals surface area contributed by atoms with Crippen molar-refractivity contribution >= 4 is 18.3 Å². The number of benzene rings is 2. The van der Waals surface area contributed by atoms with Crippen LogP contribution in [-0.2, 0) is 4.79 Å². The molecule has 1 aliphatic heterocycles. The highest BCUT2D eigenvalue weighted by Crippen LogP contribution is 2.40. The van der Waals surface area contributed by atoms with Crippen LogP contribution in [0.4, 0.5) is 0 Å². The monoisotopic (exact) mass is 430 g/mol. The molecule has 1 N–H and O–H groups in total. The fourth-order valence-corrected chi connectivity index (χ4v) is 4.61. The fraction of sp³-hybridized carbons (Fsp3) is 0.480. The Kier molecular flexibility index (Phi) is 8.75. The molecule has 5 heteroatoms. The topological polar surface area (TPSA) is 43.8 Å². The number of phenolic OH excluding ortho intramolecular Hbond substituents is 1. The van der Waals surface area contributed by atoms with Gasteiger partial charge in [-0.15, -0.1) is 12.4 Å². The van der Waals surface area contributed by atoms with E-state index >= 15 is 0 Å². The third-order valence-corrected chi connectivity index (χ3v) is 6.52. The number of carbonyl (C=O) groups excluding carboxylic acids is 1. The van der Waals surface area contributed by atoms with Gasteiger partial charge < -0.3 is 10.0 Å². The van der Waals surface area contributed by atoms with Crippen LogP contribution >= 0.6 is 12.4 Å². The highest BCUT2D eigenvalue weighted by atomic mass is 35.5. The number of halogens is 1. The van der Waals surface area contributed by atoms with Crippen molar-refractivity contribution in [3.05, 3.63) is 65.7 Å². The van der Waals surface area contributed by atoms with Gasteiger partial charge >= 0.3 is 0 Å². The molecule has 0 spiro atoms. The van der Waals surface area contributed by atoms with E-state index in [1.165, 1.54) is 5.56 Å². The molecule has 2 aromatic rings. The van der Waals surface area contributed by atoms with Crippen LogP contribution in [0.25, 0.3) is 0 Å². The maximum atomic E-state index is 12.9. The van der Waals surface area contributed by atoms with Crippen molar-refractivity contribution in [3.63, 3.8) is 0 Å². The molecule has 0 saturated carbocycles. The number of nitrogens with zero attached hydrogens (tertiary/aromatic N) is 2. The van der Waals surface area contributed by atoms with Gasteiger partial charge in [0, 0.05) is 20.1 Å². The molecule has 1 saturated heterocycles. The molecule has 2 unspecified atom stereocenters. The molecular formula is C25H35ClN2O2. The maximum Gasteiger partial charge on any atom is 0.229 e. The van der Waals surface area contributed by atoms with E-state index in [-0.39, 0.29) is 30.3 Å². The zero-order valence-electron chi connectivity index (χ0n) is 18.5. The predicted octanol–water partition coefficient (Wildman–Crippen LogP) is 5.10. The van der Waals surface area contributed by atoms with Crippen molar-refractivity contribution in [1.82, 2.24) is 9.80 Å². The minimum Gasteiger partial charge on any atom is -0.508 e. The molecule has 1 amide bonds. The van der Waals surface area contributed by atoms with Gasteiger partial charge in [0.25, 0.3) is 0 Å². The number of hydrogen-bond acceptors (Lipinski definition) is 3. The van der Waals surface area contributed by atoms with Crippen LogP contribution in [0, 0.1) is 11.8 Å². The molecule has 164 valence electrons. The Labute approximate surface area is 187 Å². The van der Waals surface area contributed by atoms with E-state index in [2.05, 4.69) is 36.9 Å². The zero-order chi connectivity index (χ0) is 21.0. The van der Waals surface area contributed by atoms with E-state index in [0.717, 1.165) is 31.5 Å². The maximum absolute atomic E-state index is 12.9. The van der Waals surface area contributed by atoms with E-state index in [0.29, 0.717) is 17.6 Å². The second kappa shape index (κ2) is 10.8. The van der Waals surface area contributed by atoms with Crippen LogP contribution in [0.1, 0.15) is 49.8 Å². The minimum absolute atomic E-state index is 0. The summed E-state index contributed by atoms with van der Waals surface area (Å²) in [5.74, 6) is 1.46. The molecule has 0 bridgehead atoms. The second-order valence-corrected chi connectivity index (χ2v) is 8.69. The van der Waals surface area contributed by atoms with Crippen LogP contribution in [0.15, 0.2) is 54.6 Å². The first-order chi connectivity index (χ1) is 13.9. The summed E-state index contributed by atoms with van der Waals surface area (Å²) >= 11 is 0. The van der Waals surface area contributed by atoms with E-state index in [4.69, 9.17) is 0 Å². The van der Waals surface area contributed by atoms with Gasteiger partial charge in [-0.3, -0.25) is 9.69 Å². The summed E-state index contributed by atoms with van der Waals surface area (Å²) in [6.07, 6.45) is 1.95. The average Bonchev–Trinajstić information content (AvgIpc) is 2.71. The third kappa shape index (κ3) is 5.55. The summed E-state index contributed by atoms with van der Waals surface area (Å²) in [5, 5.41) is 10.0. The number of likely N-dealkylation sites (N-methyl/N-ethyl adjacent to an activating group) is 1. The van der Waals surface area contributed by atoms with E-state index in [1.54, 1.807) is 11.0 Å². The van der Waals surface area contributed by atoms with Crippen LogP contribution in [0.2, 0.25) is 0 Å². The highest BCUT2D eigenvalue weighted by molar-refractivity contribution is 5.85. The van der Waals surface area contributed by atoms with Gasteiger partial charge in [-0.05, 0) is 61.0 Å². The van der Waals surface area contributed by atoms with Crippen LogP contribution in [-0.4, -0.2) is 48.0 Å². The summed E-state index contributed by atoms with van der Waals surface area (Å²) < 4.78 is 0. The minimum atomic E-state index is -0.134. The Morgan fingerprint density at radius 3 is 2.47 bits per heavy atom. The molecule has 0 radical (unpaired) electrons. The van der Waals surface area contributed by atoms with Crippen LogP contribution in [0.3, 0.4) is 0 Å². The first-order valence-electron chi connectivity index (χ1n) is 10.7. The molecule has 1 heterocycles. The third-order valence-electron chi connectivity index (χ3n) is 6.52. The Bertz CT molecular complexity index is 812. The molecule has 30 heavy (non-hydrogen) atoms. The first-order valence-corrected chi connectivity index (χ1v) is 10.7. The molecule has 4 nitrogen and oxygen atoms in total. The van der Waals surface area contributed by atoms with Crippen molar-refractivity contribution in [2.24, 2.45) is 11.8 Å². The second-order valence-electron chi connectivity index (χ2n) is 8.69. The number of aromatic hydroxyl groups is 1. The lowest BCUT2D eigenvalue weighted by atomic mass is 9.78. The number of carbonyl (C=O) groups is 1. The van der Waals surface area contributed by atoms with Gasteiger partial charge in [0.05, 0.1) is 5.92 Å². The summed E-state index contributed by atoms with van der Waals surface area (Å²) in [6.45, 7) is 6.51. The first kappa shape index (κ1) is 24.2. The Hall–Kier alpha value is -2.04. The van der Waals surface area contributed by atoms with Crippen molar-refractivity contribution in [2.75, 3.05) is 27.2 Å². The number of likely N-dealkylation sites (tertiary alicyclic amines) is 1. The van der Waals surface area contributed by atoms with Crippen molar-refractivity contribution in [3.8, 4) is 5.75 Å². The average molecular weight is 431 g/mol. The number of amides is 1. The van der Waals surface area contributed by atoms with E-state index < -0.39 is 0 Å². The number of phenols is 1. The van der Waals surface area contributed by atoms with Gasteiger partial charge in [0.2, 0.25) is 5.91 Å². The Morgan fingerprint density at radius 1 is 1.13 bits per heavy atom. The SMILES string of the molecule is CC1CCN(CCC(C(=O)N(C)C)c2ccccc2)[C@H](c2cccc(O)c2)[C@H]1C.Cl. The van der Waals surface area contributed by atoms with Crippen molar-refractivity contribution in [1.29, 1.82) is 0 Å². The molecule has 1 fully saturated rings. The number of rotatable bonds is 6. The number of piperidine rings is 1. The number of hydrogen-bond donors (Lipinski definition) is 1. The van der Waals surface area contributed by atoms with E-state index in [1.807, 2.05) is 44.4 Å². The lowest BCUT2D eigenvalue weighted by Crippen LogP contribution is -2.43. The van der Waals surface area contributed by atoms with Gasteiger partial charge in [-0.25, -0.2) is 0 Å². The normalized spacial score (nSPS) is 22.7. The van der Waals surface area contributed by atoms with Crippen LogP contribution < -0.4 is 0 Å². The fourth-order valence-electron chi connectivity index (χ4n) is 4.61. The highest BCUT2D eigenvalue weighted by Gasteiger charge is 2.35.